The first-order chi connectivity index (χ1) is 11.1. The van der Waals surface area contributed by atoms with E-state index in [0.29, 0.717) is 18.5 Å². The zero-order valence-corrected chi connectivity index (χ0v) is 12.8. The molecular formula is C17H13ClF2N2O. The third kappa shape index (κ3) is 3.19. The van der Waals surface area contributed by atoms with Gasteiger partial charge in [0.2, 0.25) is 0 Å². The predicted octanol–water partition coefficient (Wildman–Crippen LogP) is 4.07. The molecule has 0 unspecified atom stereocenters. The lowest BCUT2D eigenvalue weighted by molar-refractivity contribution is 0.0950. The average Bonchev–Trinajstić information content (AvgIpc) is 2.89. The Hall–Kier alpha value is -2.40. The first-order valence-corrected chi connectivity index (χ1v) is 7.42. The fraction of sp³-hybridized carbons (Fsp3) is 0.118. The summed E-state index contributed by atoms with van der Waals surface area (Å²) in [7, 11) is 0. The molecule has 2 aromatic carbocycles. The Morgan fingerprint density at radius 2 is 2.04 bits per heavy atom. The molecule has 0 saturated carbocycles. The van der Waals surface area contributed by atoms with Gasteiger partial charge in [-0.15, -0.1) is 0 Å². The lowest BCUT2D eigenvalue weighted by atomic mass is 10.1. The van der Waals surface area contributed by atoms with Gasteiger partial charge in [0.05, 0.1) is 10.6 Å². The van der Waals surface area contributed by atoms with Crippen LogP contribution >= 0.6 is 11.6 Å². The average molecular weight is 335 g/mol. The van der Waals surface area contributed by atoms with E-state index in [9.17, 15) is 13.6 Å². The number of benzene rings is 2. The van der Waals surface area contributed by atoms with Crippen LogP contribution in [0.4, 0.5) is 8.78 Å². The standard InChI is InChI=1S/C17H13ClF2N2O/c18-13-2-1-3-14(20)16(13)17(23)21-7-6-10-9-22-15-8-11(19)4-5-12(10)15/h1-5,8-9,22H,6-7H2,(H,21,23). The molecule has 2 N–H and O–H groups in total. The number of H-pyrrole nitrogens is 1. The maximum atomic E-state index is 13.7. The molecule has 0 aliphatic carbocycles. The molecule has 118 valence electrons. The molecule has 1 amide bonds. The van der Waals surface area contributed by atoms with Gasteiger partial charge in [-0.25, -0.2) is 8.78 Å². The SMILES string of the molecule is O=C(NCCc1c[nH]c2cc(F)ccc12)c1c(F)cccc1Cl. The van der Waals surface area contributed by atoms with E-state index in [4.69, 9.17) is 11.6 Å². The van der Waals surface area contributed by atoms with Crippen molar-refractivity contribution in [3.05, 3.63) is 70.4 Å². The molecule has 0 atom stereocenters. The van der Waals surface area contributed by atoms with Crippen molar-refractivity contribution in [2.45, 2.75) is 6.42 Å². The summed E-state index contributed by atoms with van der Waals surface area (Å²) in [6.07, 6.45) is 2.30. The second-order valence-electron chi connectivity index (χ2n) is 5.11. The number of nitrogens with one attached hydrogen (secondary N) is 2. The molecule has 6 heteroatoms. The summed E-state index contributed by atoms with van der Waals surface area (Å²) in [5.41, 5.74) is 1.48. The van der Waals surface area contributed by atoms with Crippen LogP contribution in [0, 0.1) is 11.6 Å². The van der Waals surface area contributed by atoms with Crippen molar-refractivity contribution in [2.24, 2.45) is 0 Å². The van der Waals surface area contributed by atoms with Gasteiger partial charge < -0.3 is 10.3 Å². The third-order valence-corrected chi connectivity index (χ3v) is 3.91. The number of aromatic nitrogens is 1. The number of amides is 1. The monoisotopic (exact) mass is 334 g/mol. The van der Waals surface area contributed by atoms with Crippen molar-refractivity contribution in [1.82, 2.24) is 10.3 Å². The Morgan fingerprint density at radius 3 is 2.83 bits per heavy atom. The van der Waals surface area contributed by atoms with Crippen molar-refractivity contribution in [2.75, 3.05) is 6.54 Å². The second kappa shape index (κ2) is 6.38. The summed E-state index contributed by atoms with van der Waals surface area (Å²) < 4.78 is 26.8. The fourth-order valence-electron chi connectivity index (χ4n) is 2.48. The first kappa shape index (κ1) is 15.5. The molecule has 23 heavy (non-hydrogen) atoms. The van der Waals surface area contributed by atoms with E-state index in [0.717, 1.165) is 10.9 Å². The quantitative estimate of drug-likeness (QED) is 0.742. The number of fused-ring (bicyclic) bond motifs is 1. The van der Waals surface area contributed by atoms with Gasteiger partial charge in [0.25, 0.3) is 5.91 Å². The summed E-state index contributed by atoms with van der Waals surface area (Å²) in [6, 6.07) is 8.59. The molecule has 0 radical (unpaired) electrons. The maximum absolute atomic E-state index is 13.7. The van der Waals surface area contributed by atoms with Gasteiger partial charge >= 0.3 is 0 Å². The van der Waals surface area contributed by atoms with Crippen LogP contribution in [0.5, 0.6) is 0 Å². The number of carbonyl (C=O) groups is 1. The van der Waals surface area contributed by atoms with E-state index in [1.165, 1.54) is 30.3 Å². The molecule has 3 nitrogen and oxygen atoms in total. The van der Waals surface area contributed by atoms with E-state index < -0.39 is 11.7 Å². The Morgan fingerprint density at radius 1 is 1.22 bits per heavy atom. The summed E-state index contributed by atoms with van der Waals surface area (Å²) in [5.74, 6) is -1.52. The highest BCUT2D eigenvalue weighted by molar-refractivity contribution is 6.33. The topological polar surface area (TPSA) is 44.9 Å². The van der Waals surface area contributed by atoms with E-state index in [1.54, 1.807) is 12.3 Å². The number of carbonyl (C=O) groups excluding carboxylic acids is 1. The minimum Gasteiger partial charge on any atom is -0.361 e. The van der Waals surface area contributed by atoms with Gasteiger partial charge in [-0.1, -0.05) is 17.7 Å². The Bertz CT molecular complexity index is 856. The van der Waals surface area contributed by atoms with Crippen LogP contribution < -0.4 is 5.32 Å². The van der Waals surface area contributed by atoms with Gasteiger partial charge in [0.15, 0.2) is 0 Å². The number of rotatable bonds is 4. The minimum atomic E-state index is -0.655. The smallest absolute Gasteiger partial charge is 0.255 e. The van der Waals surface area contributed by atoms with Crippen LogP contribution in [0.1, 0.15) is 15.9 Å². The molecule has 3 aromatic rings. The lowest BCUT2D eigenvalue weighted by Gasteiger charge is -2.07. The van der Waals surface area contributed by atoms with Crippen LogP contribution in [0.15, 0.2) is 42.6 Å². The zero-order valence-electron chi connectivity index (χ0n) is 12.0. The van der Waals surface area contributed by atoms with Gasteiger partial charge in [-0.2, -0.15) is 0 Å². The van der Waals surface area contributed by atoms with Gasteiger partial charge in [0, 0.05) is 23.6 Å². The summed E-state index contributed by atoms with van der Waals surface area (Å²) in [6.45, 7) is 0.313. The van der Waals surface area contributed by atoms with Crippen molar-refractivity contribution in [3.63, 3.8) is 0 Å². The highest BCUT2D eigenvalue weighted by atomic mass is 35.5. The number of halogens is 3. The number of aromatic amines is 1. The minimum absolute atomic E-state index is 0.0741. The molecule has 0 fully saturated rings. The van der Waals surface area contributed by atoms with Gasteiger partial charge in [0.1, 0.15) is 11.6 Å². The Kier molecular flexibility index (Phi) is 4.30. The van der Waals surface area contributed by atoms with Crippen LogP contribution in [0.25, 0.3) is 10.9 Å². The lowest BCUT2D eigenvalue weighted by Crippen LogP contribution is -2.26. The normalized spacial score (nSPS) is 10.9. The molecule has 0 spiro atoms. The molecule has 1 aromatic heterocycles. The van der Waals surface area contributed by atoms with Crippen LogP contribution in [0.3, 0.4) is 0 Å². The van der Waals surface area contributed by atoms with Gasteiger partial charge in [-0.3, -0.25) is 4.79 Å². The van der Waals surface area contributed by atoms with Crippen molar-refractivity contribution in [3.8, 4) is 0 Å². The maximum Gasteiger partial charge on any atom is 0.255 e. The van der Waals surface area contributed by atoms with E-state index in [2.05, 4.69) is 10.3 Å². The van der Waals surface area contributed by atoms with Gasteiger partial charge in [-0.05, 0) is 42.3 Å². The van der Waals surface area contributed by atoms with Crippen LogP contribution in [-0.4, -0.2) is 17.4 Å². The summed E-state index contributed by atoms with van der Waals surface area (Å²) in [5, 5.41) is 3.61. The first-order valence-electron chi connectivity index (χ1n) is 7.04. The largest absolute Gasteiger partial charge is 0.361 e. The second-order valence-corrected chi connectivity index (χ2v) is 5.51. The highest BCUT2D eigenvalue weighted by Gasteiger charge is 2.15. The van der Waals surface area contributed by atoms with E-state index >= 15 is 0 Å². The highest BCUT2D eigenvalue weighted by Crippen LogP contribution is 2.20. The molecule has 1 heterocycles. The third-order valence-electron chi connectivity index (χ3n) is 3.60. The number of hydrogen-bond donors (Lipinski definition) is 2. The van der Waals surface area contributed by atoms with Crippen LogP contribution in [-0.2, 0) is 6.42 Å². The predicted molar refractivity (Wildman–Crippen MR) is 85.7 cm³/mol. The summed E-state index contributed by atoms with van der Waals surface area (Å²) in [4.78, 5) is 15.0. The molecular weight excluding hydrogens is 322 g/mol. The van der Waals surface area contributed by atoms with Crippen LogP contribution in [0.2, 0.25) is 5.02 Å². The molecule has 0 bridgehead atoms. The molecule has 0 aliphatic heterocycles. The molecule has 3 rings (SSSR count). The van der Waals surface area contributed by atoms with Crippen molar-refractivity contribution in [1.29, 1.82) is 0 Å². The van der Waals surface area contributed by atoms with E-state index in [1.807, 2.05) is 0 Å². The molecule has 0 aliphatic rings. The van der Waals surface area contributed by atoms with E-state index in [-0.39, 0.29) is 16.4 Å². The fourth-order valence-corrected chi connectivity index (χ4v) is 2.73. The zero-order chi connectivity index (χ0) is 16.4. The molecule has 0 saturated heterocycles. The Balaban J connectivity index is 1.68. The summed E-state index contributed by atoms with van der Waals surface area (Å²) >= 11 is 5.85. The van der Waals surface area contributed by atoms with Crippen molar-refractivity contribution >= 4 is 28.4 Å². The Labute approximate surface area is 136 Å². The number of hydrogen-bond acceptors (Lipinski definition) is 1. The van der Waals surface area contributed by atoms with Crippen molar-refractivity contribution < 1.29 is 13.6 Å².